The van der Waals surface area contributed by atoms with Gasteiger partial charge in [-0.3, -0.25) is 0 Å². The lowest BCUT2D eigenvalue weighted by atomic mass is 9.77. The molecule has 1 aromatic carbocycles. The van der Waals surface area contributed by atoms with Crippen LogP contribution in [0.4, 0.5) is 0 Å². The van der Waals surface area contributed by atoms with Crippen LogP contribution in [0.25, 0.3) is 0 Å². The summed E-state index contributed by atoms with van der Waals surface area (Å²) in [7, 11) is 2.04. The van der Waals surface area contributed by atoms with Crippen molar-refractivity contribution in [2.75, 3.05) is 13.6 Å². The zero-order chi connectivity index (χ0) is 11.4. The van der Waals surface area contributed by atoms with Crippen LogP contribution in [0.15, 0.2) is 24.3 Å². The van der Waals surface area contributed by atoms with Crippen molar-refractivity contribution >= 4 is 0 Å². The second-order valence-corrected chi connectivity index (χ2v) is 5.19. The first-order valence-electron chi connectivity index (χ1n) is 6.53. The van der Waals surface area contributed by atoms with Crippen molar-refractivity contribution in [2.45, 2.75) is 38.5 Å². The fraction of sp³-hybridized carbons (Fsp3) is 0.600. The van der Waals surface area contributed by atoms with Crippen molar-refractivity contribution in [2.24, 2.45) is 5.92 Å². The lowest BCUT2D eigenvalue weighted by molar-refractivity contribution is 0.414. The Morgan fingerprint density at radius 1 is 1.31 bits per heavy atom. The number of benzene rings is 1. The number of hydrogen-bond donors (Lipinski definition) is 1. The molecule has 0 aliphatic heterocycles. The van der Waals surface area contributed by atoms with Gasteiger partial charge in [0, 0.05) is 0 Å². The van der Waals surface area contributed by atoms with E-state index in [0.29, 0.717) is 0 Å². The van der Waals surface area contributed by atoms with Crippen molar-refractivity contribution in [1.82, 2.24) is 5.32 Å². The fourth-order valence-electron chi connectivity index (χ4n) is 2.63. The first-order chi connectivity index (χ1) is 7.81. The molecule has 88 valence electrons. The van der Waals surface area contributed by atoms with Crippen LogP contribution in [-0.4, -0.2) is 13.6 Å². The Bertz CT molecular complexity index is 328. The summed E-state index contributed by atoms with van der Waals surface area (Å²) < 4.78 is 0. The van der Waals surface area contributed by atoms with Gasteiger partial charge in [0.15, 0.2) is 0 Å². The summed E-state index contributed by atoms with van der Waals surface area (Å²) >= 11 is 0. The molecule has 0 amide bonds. The molecule has 1 fully saturated rings. The summed E-state index contributed by atoms with van der Waals surface area (Å²) in [6.07, 6.45) is 5.44. The number of nitrogens with one attached hydrogen (secondary N) is 1. The summed E-state index contributed by atoms with van der Waals surface area (Å²) in [6.45, 7) is 3.44. The molecule has 1 atom stereocenters. The van der Waals surface area contributed by atoms with Gasteiger partial charge in [-0.1, -0.05) is 37.6 Å². The molecule has 1 aromatic rings. The minimum absolute atomic E-state index is 0.728. The Morgan fingerprint density at radius 3 is 2.69 bits per heavy atom. The van der Waals surface area contributed by atoms with Gasteiger partial charge in [0.05, 0.1) is 0 Å². The van der Waals surface area contributed by atoms with Gasteiger partial charge < -0.3 is 5.32 Å². The molecule has 16 heavy (non-hydrogen) atoms. The Labute approximate surface area is 99.3 Å². The summed E-state index contributed by atoms with van der Waals surface area (Å²) in [6, 6.07) is 9.04. The topological polar surface area (TPSA) is 12.0 Å². The molecule has 1 aliphatic rings. The van der Waals surface area contributed by atoms with Crippen molar-refractivity contribution < 1.29 is 0 Å². The van der Waals surface area contributed by atoms with E-state index in [0.717, 1.165) is 18.4 Å². The third kappa shape index (κ3) is 2.65. The average molecular weight is 217 g/mol. The van der Waals surface area contributed by atoms with Gasteiger partial charge in [-0.2, -0.15) is 0 Å². The van der Waals surface area contributed by atoms with Crippen molar-refractivity contribution in [3.63, 3.8) is 0 Å². The van der Waals surface area contributed by atoms with Gasteiger partial charge in [-0.05, 0) is 55.8 Å². The quantitative estimate of drug-likeness (QED) is 0.797. The smallest absolute Gasteiger partial charge is 0.00230 e. The summed E-state index contributed by atoms with van der Waals surface area (Å²) in [4.78, 5) is 0. The third-order valence-corrected chi connectivity index (χ3v) is 3.72. The lowest BCUT2D eigenvalue weighted by Gasteiger charge is -2.28. The van der Waals surface area contributed by atoms with Crippen LogP contribution in [0.2, 0.25) is 0 Å². The van der Waals surface area contributed by atoms with Crippen LogP contribution in [0.5, 0.6) is 0 Å². The van der Waals surface area contributed by atoms with E-state index in [-0.39, 0.29) is 0 Å². The van der Waals surface area contributed by atoms with Gasteiger partial charge in [0.2, 0.25) is 0 Å². The minimum Gasteiger partial charge on any atom is -0.319 e. The minimum atomic E-state index is 0.728. The molecule has 1 heteroatoms. The average Bonchev–Trinajstić information content (AvgIpc) is 2.18. The second-order valence-electron chi connectivity index (χ2n) is 5.19. The van der Waals surface area contributed by atoms with E-state index in [1.54, 1.807) is 11.1 Å². The Balaban J connectivity index is 2.06. The monoisotopic (exact) mass is 217 g/mol. The van der Waals surface area contributed by atoms with Crippen LogP contribution in [-0.2, 0) is 6.42 Å². The normalized spacial score (nSPS) is 18.1. The maximum absolute atomic E-state index is 3.26. The molecule has 1 unspecified atom stereocenters. The van der Waals surface area contributed by atoms with Gasteiger partial charge >= 0.3 is 0 Å². The maximum Gasteiger partial charge on any atom is -0.00230 e. The van der Waals surface area contributed by atoms with Crippen molar-refractivity contribution in [3.8, 4) is 0 Å². The first kappa shape index (κ1) is 11.7. The Kier molecular flexibility index (Phi) is 4.00. The largest absolute Gasteiger partial charge is 0.319 e. The SMILES string of the molecule is CNCC(C)Cc1ccccc1C1CCC1. The predicted molar refractivity (Wildman–Crippen MR) is 69.8 cm³/mol. The van der Waals surface area contributed by atoms with E-state index in [4.69, 9.17) is 0 Å². The number of rotatable bonds is 5. The van der Waals surface area contributed by atoms with E-state index < -0.39 is 0 Å². The van der Waals surface area contributed by atoms with E-state index >= 15 is 0 Å². The Morgan fingerprint density at radius 2 is 2.06 bits per heavy atom. The fourth-order valence-corrected chi connectivity index (χ4v) is 2.63. The molecule has 1 aliphatic carbocycles. The maximum atomic E-state index is 3.26. The van der Waals surface area contributed by atoms with Gasteiger partial charge in [0.1, 0.15) is 0 Å². The van der Waals surface area contributed by atoms with E-state index in [1.807, 2.05) is 7.05 Å². The van der Waals surface area contributed by atoms with Crippen LogP contribution < -0.4 is 5.32 Å². The lowest BCUT2D eigenvalue weighted by Crippen LogP contribution is -2.19. The van der Waals surface area contributed by atoms with Gasteiger partial charge in [-0.25, -0.2) is 0 Å². The number of hydrogen-bond acceptors (Lipinski definition) is 1. The van der Waals surface area contributed by atoms with Crippen molar-refractivity contribution in [3.05, 3.63) is 35.4 Å². The highest BCUT2D eigenvalue weighted by Crippen LogP contribution is 2.38. The summed E-state index contributed by atoms with van der Waals surface area (Å²) in [5, 5.41) is 3.26. The second kappa shape index (κ2) is 5.49. The highest BCUT2D eigenvalue weighted by atomic mass is 14.8. The molecule has 0 aromatic heterocycles. The van der Waals surface area contributed by atoms with E-state index in [2.05, 4.69) is 36.5 Å². The van der Waals surface area contributed by atoms with Crippen LogP contribution in [0.1, 0.15) is 43.2 Å². The molecule has 2 rings (SSSR count). The highest BCUT2D eigenvalue weighted by molar-refractivity contribution is 5.32. The molecule has 0 bridgehead atoms. The van der Waals surface area contributed by atoms with E-state index in [1.165, 1.54) is 25.7 Å². The molecule has 0 saturated heterocycles. The zero-order valence-electron chi connectivity index (χ0n) is 10.5. The zero-order valence-corrected chi connectivity index (χ0v) is 10.5. The van der Waals surface area contributed by atoms with Gasteiger partial charge in [-0.15, -0.1) is 0 Å². The van der Waals surface area contributed by atoms with E-state index in [9.17, 15) is 0 Å². The standard InChI is InChI=1S/C15H23N/c1-12(11-16-2)10-14-6-3-4-9-15(14)13-7-5-8-13/h3-4,6,9,12-13,16H,5,7-8,10-11H2,1-2H3. The van der Waals surface area contributed by atoms with Crippen LogP contribution in [0, 0.1) is 5.92 Å². The third-order valence-electron chi connectivity index (χ3n) is 3.72. The molecule has 1 saturated carbocycles. The molecule has 0 radical (unpaired) electrons. The van der Waals surface area contributed by atoms with Gasteiger partial charge in [0.25, 0.3) is 0 Å². The summed E-state index contributed by atoms with van der Waals surface area (Å²) in [5.74, 6) is 1.59. The predicted octanol–water partition coefficient (Wildman–Crippen LogP) is 3.35. The Hall–Kier alpha value is -0.820. The van der Waals surface area contributed by atoms with Crippen molar-refractivity contribution in [1.29, 1.82) is 0 Å². The molecular formula is C15H23N. The molecular weight excluding hydrogens is 194 g/mol. The molecule has 1 nitrogen and oxygen atoms in total. The van der Waals surface area contributed by atoms with Crippen LogP contribution in [0.3, 0.4) is 0 Å². The molecule has 0 spiro atoms. The van der Waals surface area contributed by atoms with Crippen LogP contribution >= 0.6 is 0 Å². The molecule has 1 N–H and O–H groups in total. The first-order valence-corrected chi connectivity index (χ1v) is 6.53. The highest BCUT2D eigenvalue weighted by Gasteiger charge is 2.21. The summed E-state index contributed by atoms with van der Waals surface area (Å²) in [5.41, 5.74) is 3.20. The molecule has 0 heterocycles.